The summed E-state index contributed by atoms with van der Waals surface area (Å²) >= 11 is 7.10. The summed E-state index contributed by atoms with van der Waals surface area (Å²) in [5, 5.41) is 0.114. The van der Waals surface area contributed by atoms with Crippen LogP contribution in [0.1, 0.15) is 17.0 Å². The Balaban J connectivity index is 2.00. The van der Waals surface area contributed by atoms with E-state index >= 15 is 0 Å². The van der Waals surface area contributed by atoms with Crippen molar-refractivity contribution in [3.05, 3.63) is 57.2 Å². The van der Waals surface area contributed by atoms with Crippen LogP contribution >= 0.6 is 23.4 Å². The Labute approximate surface area is 159 Å². The van der Waals surface area contributed by atoms with Crippen LogP contribution in [0.5, 0.6) is 0 Å². The second-order valence-corrected chi connectivity index (χ2v) is 7.25. The van der Waals surface area contributed by atoms with Crippen molar-refractivity contribution in [1.29, 1.82) is 0 Å². The molecular formula is C18H16ClN3O3S. The first-order valence-corrected chi connectivity index (χ1v) is 8.96. The number of halogens is 1. The summed E-state index contributed by atoms with van der Waals surface area (Å²) in [5.41, 5.74) is 8.56. The van der Waals surface area contributed by atoms with Gasteiger partial charge in [0.25, 0.3) is 11.1 Å². The molecular weight excluding hydrogens is 374 g/mol. The highest BCUT2D eigenvalue weighted by atomic mass is 35.5. The number of rotatable bonds is 4. The third-order valence-corrected chi connectivity index (χ3v) is 5.26. The molecule has 0 saturated carbocycles. The number of aromatic nitrogens is 1. The molecule has 0 aliphatic carbocycles. The van der Waals surface area contributed by atoms with E-state index in [0.29, 0.717) is 5.02 Å². The minimum Gasteiger partial charge on any atom is -0.368 e. The van der Waals surface area contributed by atoms with Crippen molar-refractivity contribution in [1.82, 2.24) is 9.47 Å². The summed E-state index contributed by atoms with van der Waals surface area (Å²) in [4.78, 5) is 36.5. The second kappa shape index (κ2) is 7.01. The first-order chi connectivity index (χ1) is 12.3. The first-order valence-electron chi connectivity index (χ1n) is 7.77. The topological polar surface area (TPSA) is 85.4 Å². The van der Waals surface area contributed by atoms with E-state index in [0.717, 1.165) is 39.3 Å². The third kappa shape index (κ3) is 3.27. The van der Waals surface area contributed by atoms with Gasteiger partial charge in [-0.3, -0.25) is 19.3 Å². The van der Waals surface area contributed by atoms with Crippen LogP contribution in [-0.4, -0.2) is 33.1 Å². The number of carbonyl (C=O) groups is 3. The zero-order chi connectivity index (χ0) is 19.0. The number of carbonyl (C=O) groups excluding carboxylic acids is 3. The number of aryl methyl sites for hydroxylation is 1. The zero-order valence-corrected chi connectivity index (χ0v) is 15.7. The molecule has 1 aliphatic rings. The molecule has 1 aromatic heterocycles. The van der Waals surface area contributed by atoms with Crippen LogP contribution in [0.4, 0.5) is 4.79 Å². The van der Waals surface area contributed by atoms with Crippen molar-refractivity contribution in [2.24, 2.45) is 5.73 Å². The van der Waals surface area contributed by atoms with Gasteiger partial charge in [0.15, 0.2) is 0 Å². The highest BCUT2D eigenvalue weighted by molar-refractivity contribution is 8.18. The third-order valence-electron chi connectivity index (χ3n) is 4.04. The molecule has 0 atom stereocenters. The standard InChI is InChI=1S/C18H16ClN3O3S/c1-10-7-12(11(2)22(10)14-6-4-3-5-13(14)19)8-15-17(24)21(9-16(20)23)18(25)26-15/h3-8H,9H2,1-2H3,(H2,20,23)/b15-8-. The smallest absolute Gasteiger partial charge is 0.294 e. The van der Waals surface area contributed by atoms with E-state index in [4.69, 9.17) is 17.3 Å². The number of para-hydroxylation sites is 1. The molecule has 1 fully saturated rings. The summed E-state index contributed by atoms with van der Waals surface area (Å²) < 4.78 is 1.99. The fourth-order valence-electron chi connectivity index (χ4n) is 2.87. The average molecular weight is 390 g/mol. The molecule has 26 heavy (non-hydrogen) atoms. The van der Waals surface area contributed by atoms with Crippen LogP contribution in [-0.2, 0) is 9.59 Å². The van der Waals surface area contributed by atoms with Gasteiger partial charge in [0.2, 0.25) is 5.91 Å². The monoisotopic (exact) mass is 389 g/mol. The van der Waals surface area contributed by atoms with Gasteiger partial charge in [-0.25, -0.2) is 0 Å². The number of imide groups is 1. The highest BCUT2D eigenvalue weighted by Crippen LogP contribution is 2.34. The van der Waals surface area contributed by atoms with Crippen LogP contribution in [0, 0.1) is 13.8 Å². The lowest BCUT2D eigenvalue weighted by molar-refractivity contribution is -0.127. The highest BCUT2D eigenvalue weighted by Gasteiger charge is 2.36. The first kappa shape index (κ1) is 18.3. The molecule has 2 aromatic rings. The molecule has 1 aromatic carbocycles. The second-order valence-electron chi connectivity index (χ2n) is 5.85. The normalized spacial score (nSPS) is 16.0. The Kier molecular flexibility index (Phi) is 4.93. The summed E-state index contributed by atoms with van der Waals surface area (Å²) in [6, 6.07) is 9.39. The van der Waals surface area contributed by atoms with Crippen LogP contribution in [0.25, 0.3) is 11.8 Å². The Hall–Kier alpha value is -2.51. The van der Waals surface area contributed by atoms with Crippen molar-refractivity contribution < 1.29 is 14.4 Å². The molecule has 1 aliphatic heterocycles. The van der Waals surface area contributed by atoms with Crippen molar-refractivity contribution in [2.45, 2.75) is 13.8 Å². The van der Waals surface area contributed by atoms with Crippen LogP contribution in [0.15, 0.2) is 35.2 Å². The van der Waals surface area contributed by atoms with E-state index in [2.05, 4.69) is 0 Å². The minimum atomic E-state index is -0.731. The molecule has 3 amide bonds. The molecule has 0 unspecified atom stereocenters. The van der Waals surface area contributed by atoms with Crippen molar-refractivity contribution >= 4 is 46.5 Å². The van der Waals surface area contributed by atoms with Crippen molar-refractivity contribution in [2.75, 3.05) is 6.54 Å². The van der Waals surface area contributed by atoms with E-state index in [9.17, 15) is 14.4 Å². The molecule has 3 rings (SSSR count). The van der Waals surface area contributed by atoms with Crippen molar-refractivity contribution in [3.63, 3.8) is 0 Å². The molecule has 1 saturated heterocycles. The number of benzene rings is 1. The van der Waals surface area contributed by atoms with Gasteiger partial charge in [-0.1, -0.05) is 23.7 Å². The predicted octanol–water partition coefficient (Wildman–Crippen LogP) is 3.27. The molecule has 0 spiro atoms. The average Bonchev–Trinajstić information content (AvgIpc) is 2.99. The lowest BCUT2D eigenvalue weighted by Crippen LogP contribution is -2.36. The van der Waals surface area contributed by atoms with Gasteiger partial charge in [-0.2, -0.15) is 0 Å². The molecule has 0 radical (unpaired) electrons. The number of nitrogens with zero attached hydrogens (tertiary/aromatic N) is 2. The van der Waals surface area contributed by atoms with Gasteiger partial charge in [0.1, 0.15) is 6.54 Å². The number of hydrogen-bond acceptors (Lipinski definition) is 4. The molecule has 2 N–H and O–H groups in total. The fourth-order valence-corrected chi connectivity index (χ4v) is 3.92. The molecule has 134 valence electrons. The maximum Gasteiger partial charge on any atom is 0.294 e. The van der Waals surface area contributed by atoms with Crippen molar-refractivity contribution in [3.8, 4) is 5.69 Å². The van der Waals surface area contributed by atoms with Gasteiger partial charge in [-0.15, -0.1) is 0 Å². The Morgan fingerprint density at radius 1 is 1.27 bits per heavy atom. The number of primary amides is 1. The summed E-state index contributed by atoms with van der Waals surface area (Å²) in [6.45, 7) is 3.43. The number of amides is 3. The number of nitrogens with two attached hydrogens (primary N) is 1. The van der Waals surface area contributed by atoms with E-state index in [1.54, 1.807) is 6.08 Å². The lowest BCUT2D eigenvalue weighted by Gasteiger charge is -2.11. The number of thioether (sulfide) groups is 1. The minimum absolute atomic E-state index is 0.260. The Bertz CT molecular complexity index is 965. The van der Waals surface area contributed by atoms with Gasteiger partial charge in [-0.05, 0) is 55.4 Å². The molecule has 0 bridgehead atoms. The predicted molar refractivity (Wildman–Crippen MR) is 102 cm³/mol. The van der Waals surface area contributed by atoms with Crippen LogP contribution < -0.4 is 5.73 Å². The summed E-state index contributed by atoms with van der Waals surface area (Å²) in [6.07, 6.45) is 1.65. The quantitative estimate of drug-likeness (QED) is 0.813. The van der Waals surface area contributed by atoms with E-state index in [1.165, 1.54) is 0 Å². The molecule has 8 heteroatoms. The largest absolute Gasteiger partial charge is 0.368 e. The van der Waals surface area contributed by atoms with Crippen LogP contribution in [0.2, 0.25) is 5.02 Å². The van der Waals surface area contributed by atoms with E-state index < -0.39 is 23.6 Å². The lowest BCUT2D eigenvalue weighted by atomic mass is 10.2. The maximum atomic E-state index is 12.4. The molecule has 6 nitrogen and oxygen atoms in total. The van der Waals surface area contributed by atoms with Gasteiger partial charge in [0.05, 0.1) is 15.6 Å². The SMILES string of the molecule is Cc1cc(/C=C2\SC(=O)N(CC(N)=O)C2=O)c(C)n1-c1ccccc1Cl. The fraction of sp³-hybridized carbons (Fsp3) is 0.167. The Morgan fingerprint density at radius 3 is 2.62 bits per heavy atom. The van der Waals surface area contributed by atoms with Gasteiger partial charge in [0, 0.05) is 11.4 Å². The number of hydrogen-bond donors (Lipinski definition) is 1. The van der Waals surface area contributed by atoms with Crippen LogP contribution in [0.3, 0.4) is 0 Å². The molecule has 2 heterocycles. The van der Waals surface area contributed by atoms with E-state index in [-0.39, 0.29) is 4.91 Å². The van der Waals surface area contributed by atoms with E-state index in [1.807, 2.05) is 48.7 Å². The Morgan fingerprint density at radius 2 is 1.96 bits per heavy atom. The van der Waals surface area contributed by atoms with Gasteiger partial charge >= 0.3 is 0 Å². The maximum absolute atomic E-state index is 12.4. The van der Waals surface area contributed by atoms with Gasteiger partial charge < -0.3 is 10.3 Å². The summed E-state index contributed by atoms with van der Waals surface area (Å²) in [5.74, 6) is -1.24. The zero-order valence-electron chi connectivity index (χ0n) is 14.2. The summed E-state index contributed by atoms with van der Waals surface area (Å²) in [7, 11) is 0.